The molecule has 11 unspecified atom stereocenters. The largest absolute Gasteiger partial charge is 0.459 e. The molecule has 0 aromatic heterocycles. The van der Waals surface area contributed by atoms with Gasteiger partial charge in [0.25, 0.3) is 10.1 Å². The number of fused-ring (bicyclic) bond motifs is 5. The number of amides is 10. The van der Waals surface area contributed by atoms with E-state index in [0.717, 1.165) is 41.9 Å². The number of nitrogens with one attached hydrogen (secondary N) is 3. The predicted molar refractivity (Wildman–Crippen MR) is 499 cm³/mol. The third-order valence-corrected chi connectivity index (χ3v) is 30.8. The van der Waals surface area contributed by atoms with Crippen molar-refractivity contribution in [3.8, 4) is 0 Å². The zero-order valence-corrected chi connectivity index (χ0v) is 84.7. The van der Waals surface area contributed by atoms with Gasteiger partial charge in [-0.2, -0.15) is 8.42 Å². The van der Waals surface area contributed by atoms with E-state index in [4.69, 9.17) is 4.74 Å². The molecular formula is C98H169N11O19S. The number of hydrogen-bond acceptors (Lipinski definition) is 19. The molecule has 5 rings (SSSR count). The fraction of sp³-hybridized carbons (Fsp3) is 0.837. The molecule has 5 aliphatic rings. The molecule has 736 valence electrons. The number of ether oxygens (including phenoxy) is 1. The third kappa shape index (κ3) is 29.6. The van der Waals surface area contributed by atoms with Gasteiger partial charge in [-0.15, -0.1) is 0 Å². The van der Waals surface area contributed by atoms with E-state index in [0.29, 0.717) is 51.1 Å². The van der Waals surface area contributed by atoms with Crippen LogP contribution < -0.4 is 16.0 Å². The van der Waals surface area contributed by atoms with Crippen LogP contribution in [0.2, 0.25) is 0 Å². The van der Waals surface area contributed by atoms with Gasteiger partial charge in [-0.3, -0.25) is 71.7 Å². The molecule has 0 radical (unpaired) electrons. The average Bonchev–Trinajstić information content (AvgIpc) is 1.65. The van der Waals surface area contributed by atoms with Crippen molar-refractivity contribution in [3.05, 3.63) is 12.2 Å². The standard InChI is InChI=1S/C98H169N11O19S/c1-29-33-35-64(18)87(128-82(115)54-70(111)51-66-41-43-97(20)68(50-66)53-79(112)83-72-40-39-71(98(72,21)44-42-73(83)97)63(17)37-38-69(110)36-34-45-129(125,126)127)86-80(113)52-67(30-2)91(119)102(22)56-81(114)103(23)75(46-57(5)6)90(118)101-84(61(13)14)95(123)104(24)76(47-58(7)8)89(117)99-65(19)88(116)100-74(55-109(31-3)32-4)92(120)105(25)77(48-59(9)10)93(121)106(26)78(49-60(11)12)94(122)107(27)85(62(15)16)96(124)108(86)28/h29,33,57-68,71-79,83-87,112H,30-32,34-56H2,1-28H3,(H,99,117)(H,100,116)(H,101,118)(H,125,126,127)/b33-29-/t63-,64-,65?,66+,67?,68?,71+,72-,73-,74?,75?,76?,77?,78?,79-,83-,84?,85?,86?,87+,97-,98+/m0/s1. The number of Topliss-reactive ketones (excluding diaryl/α,β-unsaturated/α-hetero) is 3. The Balaban J connectivity index is 1.60. The SMILES string of the molecule is C/C=C\C[C@H](C)[C@@H](OC(=O)CC(=O)C[C@@H]1CC[C@@]2(C)C(C1)C[C@H](O)[C@H]1[C@@H]3CC[C@H]([C@@H](C)CCC(=O)CCCS(=O)(=O)O)[C@@]3(C)CC[C@@H]12)C1C(=O)CC(CC)C(=O)N(C)CC(=O)N(C)C(CC(C)C)C(=O)NC(C(C)C)C(=O)N(C)C(CC(C)C)C(=O)NC(C)C(=O)NC(CN(CC)CC)C(=O)N(C)C(CC(C)C)C(=O)N(C)C(CC(C)C)C(=O)N(C)C(C(C)C)C(=O)N1C. The third-order valence-electron chi connectivity index (χ3n) is 30.0. The maximum absolute atomic E-state index is 16.2. The zero-order valence-electron chi connectivity index (χ0n) is 83.9. The first-order valence-corrected chi connectivity index (χ1v) is 50.1. The van der Waals surface area contributed by atoms with Crippen LogP contribution in [0.3, 0.4) is 0 Å². The van der Waals surface area contributed by atoms with Crippen LogP contribution in [0.15, 0.2) is 12.2 Å². The van der Waals surface area contributed by atoms with Crippen molar-refractivity contribution in [1.29, 1.82) is 0 Å². The highest BCUT2D eigenvalue weighted by atomic mass is 32.2. The molecular weight excluding hydrogens is 1670 g/mol. The van der Waals surface area contributed by atoms with Gasteiger partial charge in [-0.05, 0) is 223 Å². The summed E-state index contributed by atoms with van der Waals surface area (Å²) in [6, 6.07) is -11.8. The summed E-state index contributed by atoms with van der Waals surface area (Å²) in [6.45, 7) is 39.6. The fourth-order valence-electron chi connectivity index (χ4n) is 22.3. The van der Waals surface area contributed by atoms with Crippen molar-refractivity contribution in [1.82, 2.24) is 55.1 Å². The summed E-state index contributed by atoms with van der Waals surface area (Å²) in [5.74, 6) is -12.2. The lowest BCUT2D eigenvalue weighted by Crippen LogP contribution is -2.63. The molecule has 1 saturated heterocycles. The van der Waals surface area contributed by atoms with Gasteiger partial charge in [0.1, 0.15) is 78.5 Å². The molecule has 129 heavy (non-hydrogen) atoms. The fourth-order valence-corrected chi connectivity index (χ4v) is 22.8. The number of ketones is 3. The second-order valence-corrected chi connectivity index (χ2v) is 43.8. The van der Waals surface area contributed by atoms with Crippen LogP contribution in [-0.2, 0) is 82.0 Å². The van der Waals surface area contributed by atoms with E-state index in [1.807, 2.05) is 80.2 Å². The molecule has 0 spiro atoms. The van der Waals surface area contributed by atoms with Crippen molar-refractivity contribution < 1.29 is 89.9 Å². The molecule has 4 saturated carbocycles. The molecule has 5 N–H and O–H groups in total. The van der Waals surface area contributed by atoms with Gasteiger partial charge < -0.3 is 65.0 Å². The number of likely N-dealkylation sites (N-methyl/N-ethyl adjacent to an activating group) is 8. The normalized spacial score (nSPS) is 30.7. The number of nitrogens with zero attached hydrogens (tertiary/aromatic N) is 8. The quantitative estimate of drug-likeness (QED) is 0.0181. The van der Waals surface area contributed by atoms with Crippen molar-refractivity contribution >= 4 is 92.5 Å². The maximum Gasteiger partial charge on any atom is 0.313 e. The Morgan fingerprint density at radius 2 is 1.10 bits per heavy atom. The second kappa shape index (κ2) is 49.6. The summed E-state index contributed by atoms with van der Waals surface area (Å²) in [7, 11) is 5.87. The van der Waals surface area contributed by atoms with Gasteiger partial charge in [0.15, 0.2) is 5.78 Å². The second-order valence-electron chi connectivity index (χ2n) is 42.2. The highest BCUT2D eigenvalue weighted by molar-refractivity contribution is 7.85. The lowest BCUT2D eigenvalue weighted by molar-refractivity contribution is -0.170. The minimum Gasteiger partial charge on any atom is -0.459 e. The molecule has 30 nitrogen and oxygen atoms in total. The molecule has 1 aliphatic heterocycles. The Morgan fingerprint density at radius 3 is 1.64 bits per heavy atom. The predicted octanol–water partition coefficient (Wildman–Crippen LogP) is 10.5. The lowest BCUT2D eigenvalue weighted by Gasteiger charge is -2.62. The van der Waals surface area contributed by atoms with E-state index >= 15 is 38.4 Å². The summed E-state index contributed by atoms with van der Waals surface area (Å²) in [6.07, 6.45) is 8.81. The van der Waals surface area contributed by atoms with Crippen LogP contribution in [0, 0.1) is 99.6 Å². The number of carbonyl (C=O) groups excluding carboxylic acids is 14. The maximum atomic E-state index is 16.2. The highest BCUT2D eigenvalue weighted by Gasteiger charge is 2.63. The van der Waals surface area contributed by atoms with Crippen LogP contribution in [0.4, 0.5) is 0 Å². The molecule has 0 aromatic rings. The number of hydrogen-bond donors (Lipinski definition) is 5. The van der Waals surface area contributed by atoms with E-state index < -0.39 is 202 Å². The molecule has 5 fully saturated rings. The number of aliphatic hydroxyl groups is 1. The topological polar surface area (TPSA) is 385 Å². The van der Waals surface area contributed by atoms with E-state index in [9.17, 15) is 46.8 Å². The smallest absolute Gasteiger partial charge is 0.313 e. The summed E-state index contributed by atoms with van der Waals surface area (Å²) in [5, 5.41) is 21.0. The summed E-state index contributed by atoms with van der Waals surface area (Å²) >= 11 is 0. The Morgan fingerprint density at radius 1 is 0.581 bits per heavy atom. The van der Waals surface area contributed by atoms with Gasteiger partial charge in [0.05, 0.1) is 18.4 Å². The molecule has 31 heteroatoms. The highest BCUT2D eigenvalue weighted by Crippen LogP contribution is 2.69. The lowest BCUT2D eigenvalue weighted by atomic mass is 9.43. The Hall–Kier alpha value is -7.25. The Kier molecular flexibility index (Phi) is 43.2. The van der Waals surface area contributed by atoms with Crippen LogP contribution in [0.1, 0.15) is 280 Å². The zero-order chi connectivity index (χ0) is 97.8. The van der Waals surface area contributed by atoms with E-state index in [-0.39, 0.29) is 140 Å². The van der Waals surface area contributed by atoms with E-state index in [1.165, 1.54) is 80.8 Å². The van der Waals surface area contributed by atoms with Crippen molar-refractivity contribution in [2.45, 2.75) is 347 Å². The number of allylic oxidation sites excluding steroid dienone is 2. The van der Waals surface area contributed by atoms with Gasteiger partial charge >= 0.3 is 5.97 Å². The summed E-state index contributed by atoms with van der Waals surface area (Å²) in [4.78, 5) is 222. The van der Waals surface area contributed by atoms with Crippen LogP contribution in [0.25, 0.3) is 0 Å². The monoisotopic (exact) mass is 1840 g/mol. The van der Waals surface area contributed by atoms with Crippen LogP contribution in [0.5, 0.6) is 0 Å². The van der Waals surface area contributed by atoms with E-state index in [1.54, 1.807) is 54.5 Å². The Labute approximate surface area is 773 Å². The Bertz CT molecular complexity index is 3980. The van der Waals surface area contributed by atoms with Crippen LogP contribution >= 0.6 is 0 Å². The number of esters is 1. The minimum atomic E-state index is -4.15. The van der Waals surface area contributed by atoms with Gasteiger partial charge in [-0.1, -0.05) is 144 Å². The van der Waals surface area contributed by atoms with Gasteiger partial charge in [0.2, 0.25) is 59.1 Å². The molecule has 4 aliphatic carbocycles. The molecule has 0 aromatic carbocycles. The van der Waals surface area contributed by atoms with Gasteiger partial charge in [-0.25, -0.2) is 0 Å². The first-order chi connectivity index (χ1) is 60.0. The van der Waals surface area contributed by atoms with Crippen LogP contribution in [-0.4, -0.2) is 288 Å². The van der Waals surface area contributed by atoms with Crippen molar-refractivity contribution in [2.75, 3.05) is 81.3 Å². The summed E-state index contributed by atoms with van der Waals surface area (Å²) in [5.41, 5.74) is -0.162. The van der Waals surface area contributed by atoms with Crippen molar-refractivity contribution in [3.63, 3.8) is 0 Å². The van der Waals surface area contributed by atoms with Gasteiger partial charge in [0, 0.05) is 87.5 Å². The van der Waals surface area contributed by atoms with E-state index in [2.05, 4.69) is 36.7 Å². The molecule has 22 atom stereocenters. The molecule has 10 amide bonds. The number of carbonyl (C=O) groups is 14. The van der Waals surface area contributed by atoms with Crippen molar-refractivity contribution in [2.24, 2.45) is 99.6 Å². The minimum absolute atomic E-state index is 0.0118. The number of rotatable bonds is 32. The molecule has 0 bridgehead atoms. The summed E-state index contributed by atoms with van der Waals surface area (Å²) < 4.78 is 38.4. The number of aliphatic hydroxyl groups excluding tert-OH is 1. The first-order valence-electron chi connectivity index (χ1n) is 48.5. The average molecular weight is 1840 g/mol. The molecule has 1 heterocycles. The first kappa shape index (κ1) is 112.